The molecule has 9 nitrogen and oxygen atoms in total. The van der Waals surface area contributed by atoms with Crippen LogP contribution in [-0.2, 0) is 24.4 Å². The van der Waals surface area contributed by atoms with Gasteiger partial charge in [-0.05, 0) is 42.2 Å². The number of hydrazone groups is 1. The number of nitrogens with zero attached hydrogens (tertiary/aromatic N) is 2. The number of hydrogen-bond donors (Lipinski definition) is 0. The molecule has 0 atom stereocenters. The molecule has 0 N–H and O–H groups in total. The summed E-state index contributed by atoms with van der Waals surface area (Å²) in [6.45, 7) is 1.63. The standard InChI is InChI=1S/C20H16ClF3N2O7S2/c1-3-34-19(29)26(17(27)18(28)32-2)25-16(12-4-8-14(21)9-5-12)13-6-10-15(11-7-13)33-35(30,31)20(22,23)24/h4-11H,3H2,1-2H3. The molecular weight excluding hydrogens is 537 g/mol. The average molecular weight is 553 g/mol. The summed E-state index contributed by atoms with van der Waals surface area (Å²) in [5, 5.41) is 3.76. The second kappa shape index (κ2) is 11.6. The van der Waals surface area contributed by atoms with Gasteiger partial charge in [-0.3, -0.25) is 9.59 Å². The minimum absolute atomic E-state index is 0.0748. The van der Waals surface area contributed by atoms with Crippen molar-refractivity contribution in [3.05, 3.63) is 64.7 Å². The number of rotatable bonds is 6. The fraction of sp³-hybridized carbons (Fsp3) is 0.200. The molecule has 0 unspecified atom stereocenters. The third-order valence-electron chi connectivity index (χ3n) is 3.93. The summed E-state index contributed by atoms with van der Waals surface area (Å²) in [5.74, 6) is -3.16. The van der Waals surface area contributed by atoms with Crippen LogP contribution in [0, 0.1) is 0 Å². The zero-order valence-electron chi connectivity index (χ0n) is 17.9. The Labute approximate surface area is 207 Å². The molecule has 0 aromatic heterocycles. The van der Waals surface area contributed by atoms with Crippen molar-refractivity contribution >= 4 is 56.3 Å². The first-order chi connectivity index (χ1) is 16.3. The van der Waals surface area contributed by atoms with Crippen LogP contribution < -0.4 is 4.18 Å². The van der Waals surface area contributed by atoms with E-state index in [1.807, 2.05) is 0 Å². The first-order valence-corrected chi connectivity index (χ1v) is 12.1. The van der Waals surface area contributed by atoms with Crippen molar-refractivity contribution in [2.45, 2.75) is 12.4 Å². The van der Waals surface area contributed by atoms with Crippen LogP contribution >= 0.6 is 23.4 Å². The molecule has 0 bridgehead atoms. The molecule has 0 aliphatic carbocycles. The quantitative estimate of drug-likeness (QED) is 0.131. The van der Waals surface area contributed by atoms with Crippen LogP contribution in [0.25, 0.3) is 0 Å². The molecule has 2 aromatic rings. The fourth-order valence-electron chi connectivity index (χ4n) is 2.36. The highest BCUT2D eigenvalue weighted by Gasteiger charge is 2.48. The molecule has 0 aliphatic rings. The van der Waals surface area contributed by atoms with E-state index in [2.05, 4.69) is 14.0 Å². The van der Waals surface area contributed by atoms with E-state index < -0.39 is 38.5 Å². The number of amides is 2. The Bertz CT molecular complexity index is 1230. The summed E-state index contributed by atoms with van der Waals surface area (Å²) < 4.78 is 68.6. The van der Waals surface area contributed by atoms with E-state index in [-0.39, 0.29) is 17.0 Å². The molecule has 0 heterocycles. The molecule has 0 aliphatic heterocycles. The van der Waals surface area contributed by atoms with Crippen molar-refractivity contribution in [2.75, 3.05) is 12.9 Å². The molecular formula is C20H16ClF3N2O7S2. The molecule has 35 heavy (non-hydrogen) atoms. The Morgan fingerprint density at radius 2 is 1.54 bits per heavy atom. The molecule has 188 valence electrons. The van der Waals surface area contributed by atoms with Gasteiger partial charge in [0.2, 0.25) is 0 Å². The van der Waals surface area contributed by atoms with Crippen LogP contribution in [-0.4, -0.2) is 54.6 Å². The van der Waals surface area contributed by atoms with E-state index in [1.54, 1.807) is 6.92 Å². The third kappa shape index (κ3) is 7.19. The minimum atomic E-state index is -5.90. The van der Waals surface area contributed by atoms with Crippen LogP contribution in [0.15, 0.2) is 53.6 Å². The minimum Gasteiger partial charge on any atom is -0.462 e. The summed E-state index contributed by atoms with van der Waals surface area (Å²) in [5.41, 5.74) is -5.29. The number of methoxy groups -OCH3 is 1. The molecule has 0 fully saturated rings. The number of imide groups is 1. The Kier molecular flexibility index (Phi) is 9.29. The Morgan fingerprint density at radius 1 is 1.03 bits per heavy atom. The Morgan fingerprint density at radius 3 is 2.00 bits per heavy atom. The number of carbonyl (C=O) groups excluding carboxylic acids is 3. The average Bonchev–Trinajstić information content (AvgIpc) is 2.79. The molecule has 0 radical (unpaired) electrons. The second-order valence-electron chi connectivity index (χ2n) is 6.27. The number of carbonyl (C=O) groups is 3. The summed E-state index contributed by atoms with van der Waals surface area (Å²) >= 11 is 6.58. The number of ether oxygens (including phenoxy) is 1. The topological polar surface area (TPSA) is 119 Å². The first-order valence-electron chi connectivity index (χ1n) is 9.35. The van der Waals surface area contributed by atoms with Gasteiger partial charge in [0.25, 0.3) is 0 Å². The Hall–Kier alpha value is -3.10. The van der Waals surface area contributed by atoms with Crippen molar-refractivity contribution in [1.29, 1.82) is 0 Å². The van der Waals surface area contributed by atoms with Gasteiger partial charge in [-0.2, -0.15) is 26.7 Å². The SMILES string of the molecule is CCSC(=O)N(N=C(c1ccc(Cl)cc1)c1ccc(OS(=O)(=O)C(F)(F)F)cc1)C(=O)C(=O)OC. The molecule has 0 saturated carbocycles. The van der Waals surface area contributed by atoms with E-state index in [4.69, 9.17) is 11.6 Å². The van der Waals surface area contributed by atoms with Gasteiger partial charge in [0, 0.05) is 16.1 Å². The van der Waals surface area contributed by atoms with Gasteiger partial charge in [-0.25, -0.2) is 4.79 Å². The number of halogens is 4. The van der Waals surface area contributed by atoms with Crippen LogP contribution in [0.4, 0.5) is 18.0 Å². The number of benzene rings is 2. The van der Waals surface area contributed by atoms with E-state index in [0.717, 1.165) is 31.4 Å². The van der Waals surface area contributed by atoms with Gasteiger partial charge >= 0.3 is 32.7 Å². The molecule has 2 amide bonds. The molecule has 0 spiro atoms. The maximum absolute atomic E-state index is 12.6. The predicted octanol–water partition coefficient (Wildman–Crippen LogP) is 4.20. The highest BCUT2D eigenvalue weighted by atomic mass is 35.5. The van der Waals surface area contributed by atoms with Crippen LogP contribution in [0.3, 0.4) is 0 Å². The smallest absolute Gasteiger partial charge is 0.462 e. The van der Waals surface area contributed by atoms with Crippen molar-refractivity contribution in [3.8, 4) is 5.75 Å². The Balaban J connectivity index is 2.60. The molecule has 2 aromatic carbocycles. The molecule has 2 rings (SSSR count). The predicted molar refractivity (Wildman–Crippen MR) is 122 cm³/mol. The summed E-state index contributed by atoms with van der Waals surface area (Å²) in [6, 6.07) is 10.00. The summed E-state index contributed by atoms with van der Waals surface area (Å²) in [4.78, 5) is 36.7. The number of thioether (sulfide) groups is 1. The summed E-state index contributed by atoms with van der Waals surface area (Å²) in [7, 11) is -4.96. The highest BCUT2D eigenvalue weighted by Crippen LogP contribution is 2.27. The lowest BCUT2D eigenvalue weighted by molar-refractivity contribution is -0.156. The maximum Gasteiger partial charge on any atom is 0.534 e. The van der Waals surface area contributed by atoms with Crippen LogP contribution in [0.5, 0.6) is 5.75 Å². The largest absolute Gasteiger partial charge is 0.534 e. The van der Waals surface area contributed by atoms with Crippen molar-refractivity contribution in [1.82, 2.24) is 5.01 Å². The highest BCUT2D eigenvalue weighted by molar-refractivity contribution is 8.13. The van der Waals surface area contributed by atoms with Crippen LogP contribution in [0.2, 0.25) is 5.02 Å². The lowest BCUT2D eigenvalue weighted by atomic mass is 10.0. The maximum atomic E-state index is 12.6. The van der Waals surface area contributed by atoms with Gasteiger partial charge in [0.15, 0.2) is 0 Å². The zero-order chi connectivity index (χ0) is 26.4. The zero-order valence-corrected chi connectivity index (χ0v) is 20.3. The third-order valence-corrected chi connectivity index (χ3v) is 5.87. The van der Waals surface area contributed by atoms with Crippen molar-refractivity contribution in [2.24, 2.45) is 5.10 Å². The number of alkyl halides is 3. The van der Waals surface area contributed by atoms with Crippen LogP contribution in [0.1, 0.15) is 18.1 Å². The molecule has 0 saturated heterocycles. The van der Waals surface area contributed by atoms with E-state index in [0.29, 0.717) is 27.4 Å². The van der Waals surface area contributed by atoms with E-state index >= 15 is 0 Å². The summed E-state index contributed by atoms with van der Waals surface area (Å²) in [6.07, 6.45) is 0. The van der Waals surface area contributed by atoms with E-state index in [9.17, 15) is 36.0 Å². The lowest BCUT2D eigenvalue weighted by Crippen LogP contribution is -2.37. The van der Waals surface area contributed by atoms with Crippen molar-refractivity contribution in [3.63, 3.8) is 0 Å². The van der Waals surface area contributed by atoms with Gasteiger partial charge in [0.1, 0.15) is 5.75 Å². The van der Waals surface area contributed by atoms with Gasteiger partial charge in [0.05, 0.1) is 12.8 Å². The van der Waals surface area contributed by atoms with Gasteiger partial charge in [-0.1, -0.05) is 42.4 Å². The lowest BCUT2D eigenvalue weighted by Gasteiger charge is -2.16. The number of esters is 1. The van der Waals surface area contributed by atoms with Crippen molar-refractivity contribution < 1.29 is 44.9 Å². The molecule has 15 heteroatoms. The number of hydrogen-bond acceptors (Lipinski definition) is 9. The first kappa shape index (κ1) is 28.1. The van der Waals surface area contributed by atoms with E-state index in [1.165, 1.54) is 24.3 Å². The van der Waals surface area contributed by atoms with Gasteiger partial charge in [-0.15, -0.1) is 5.01 Å². The normalized spacial score (nSPS) is 12.1. The second-order valence-corrected chi connectivity index (χ2v) is 9.46. The fourth-order valence-corrected chi connectivity index (χ4v) is 3.44. The monoisotopic (exact) mass is 552 g/mol. The van der Waals surface area contributed by atoms with Gasteiger partial charge < -0.3 is 8.92 Å².